The fourth-order valence-corrected chi connectivity index (χ4v) is 3.05. The van der Waals surface area contributed by atoms with E-state index in [1.54, 1.807) is 6.20 Å². The lowest BCUT2D eigenvalue weighted by atomic mass is 9.89. The van der Waals surface area contributed by atoms with Gasteiger partial charge in [-0.3, -0.25) is 9.78 Å². The topological polar surface area (TPSA) is 51.2 Å². The molecule has 4 heteroatoms. The Hall–Kier alpha value is -2.36. The molecule has 4 nitrogen and oxygen atoms in total. The van der Waals surface area contributed by atoms with Gasteiger partial charge in [0.05, 0.1) is 17.8 Å². The number of nitrogens with one attached hydrogen (secondary N) is 1. The van der Waals surface area contributed by atoms with Crippen LogP contribution in [0.1, 0.15) is 43.9 Å². The highest BCUT2D eigenvalue weighted by atomic mass is 16.5. The predicted molar refractivity (Wildman–Crippen MR) is 89.3 cm³/mol. The van der Waals surface area contributed by atoms with Crippen LogP contribution in [0.3, 0.4) is 0 Å². The Labute approximate surface area is 136 Å². The quantitative estimate of drug-likeness (QED) is 0.942. The summed E-state index contributed by atoms with van der Waals surface area (Å²) in [7, 11) is 0. The molecular weight excluding hydrogens is 288 g/mol. The van der Waals surface area contributed by atoms with Crippen molar-refractivity contribution in [3.63, 3.8) is 0 Å². The second-order valence-electron chi connectivity index (χ2n) is 6.46. The highest BCUT2D eigenvalue weighted by Crippen LogP contribution is 2.35. The molecule has 120 valence electrons. The monoisotopic (exact) mass is 310 g/mol. The summed E-state index contributed by atoms with van der Waals surface area (Å²) < 4.78 is 5.66. The summed E-state index contributed by atoms with van der Waals surface area (Å²) in [5.74, 6) is 1.15. The van der Waals surface area contributed by atoms with Crippen LogP contribution in [-0.4, -0.2) is 17.5 Å². The van der Waals surface area contributed by atoms with E-state index in [2.05, 4.69) is 16.4 Å². The number of pyridine rings is 1. The van der Waals surface area contributed by atoms with Gasteiger partial charge in [-0.15, -0.1) is 0 Å². The van der Waals surface area contributed by atoms with E-state index < -0.39 is 5.54 Å². The zero-order valence-corrected chi connectivity index (χ0v) is 13.6. The fourth-order valence-electron chi connectivity index (χ4n) is 3.05. The van der Waals surface area contributed by atoms with Gasteiger partial charge in [-0.25, -0.2) is 0 Å². The number of rotatable bonds is 4. The van der Waals surface area contributed by atoms with Crippen LogP contribution in [0, 0.1) is 0 Å². The van der Waals surface area contributed by atoms with Crippen molar-refractivity contribution in [2.24, 2.45) is 0 Å². The number of fused-ring (bicyclic) bond motifs is 1. The second-order valence-corrected chi connectivity index (χ2v) is 6.46. The van der Waals surface area contributed by atoms with Gasteiger partial charge < -0.3 is 10.1 Å². The molecule has 1 atom stereocenters. The molecule has 0 spiro atoms. The molecule has 0 radical (unpaired) electrons. The Bertz CT molecular complexity index is 683. The van der Waals surface area contributed by atoms with E-state index in [4.69, 9.17) is 4.74 Å². The fraction of sp³-hybridized carbons (Fsp3) is 0.368. The number of para-hydroxylation sites is 1. The number of carbonyl (C=O) groups is 1. The largest absolute Gasteiger partial charge is 0.493 e. The lowest BCUT2D eigenvalue weighted by Gasteiger charge is -2.29. The van der Waals surface area contributed by atoms with E-state index in [-0.39, 0.29) is 11.8 Å². The van der Waals surface area contributed by atoms with E-state index in [1.165, 1.54) is 0 Å². The molecule has 1 aliphatic rings. The zero-order chi connectivity index (χ0) is 16.3. The van der Waals surface area contributed by atoms with Crippen LogP contribution in [0.2, 0.25) is 0 Å². The van der Waals surface area contributed by atoms with Crippen LogP contribution in [-0.2, 0) is 10.3 Å². The molecule has 2 aromatic rings. The van der Waals surface area contributed by atoms with Gasteiger partial charge in [-0.2, -0.15) is 0 Å². The minimum atomic E-state index is -0.483. The Balaban J connectivity index is 1.69. The van der Waals surface area contributed by atoms with Crippen LogP contribution in [0.4, 0.5) is 0 Å². The van der Waals surface area contributed by atoms with E-state index in [0.717, 1.165) is 23.4 Å². The van der Waals surface area contributed by atoms with Crippen molar-refractivity contribution >= 4 is 5.91 Å². The molecule has 0 unspecified atom stereocenters. The van der Waals surface area contributed by atoms with Crippen molar-refractivity contribution in [3.05, 3.63) is 59.9 Å². The van der Waals surface area contributed by atoms with Gasteiger partial charge in [0.15, 0.2) is 0 Å². The van der Waals surface area contributed by atoms with Gasteiger partial charge in [0, 0.05) is 12.6 Å². The molecule has 1 amide bonds. The summed E-state index contributed by atoms with van der Waals surface area (Å²) in [5.41, 5.74) is 1.51. The molecular formula is C19H22N2O2. The second kappa shape index (κ2) is 6.41. The Morgan fingerprint density at radius 1 is 1.26 bits per heavy atom. The Kier molecular flexibility index (Phi) is 4.33. The maximum atomic E-state index is 12.5. The first-order chi connectivity index (χ1) is 11.1. The molecule has 0 saturated heterocycles. The van der Waals surface area contributed by atoms with E-state index in [9.17, 15) is 4.79 Å². The van der Waals surface area contributed by atoms with Gasteiger partial charge >= 0.3 is 0 Å². The maximum Gasteiger partial charge on any atom is 0.221 e. The van der Waals surface area contributed by atoms with Gasteiger partial charge in [-0.05, 0) is 49.9 Å². The van der Waals surface area contributed by atoms with Gasteiger partial charge in [-0.1, -0.05) is 24.3 Å². The molecule has 0 fully saturated rings. The van der Waals surface area contributed by atoms with Crippen molar-refractivity contribution in [2.45, 2.75) is 38.1 Å². The predicted octanol–water partition coefficient (Wildman–Crippen LogP) is 3.39. The lowest BCUT2D eigenvalue weighted by molar-refractivity contribution is -0.123. The summed E-state index contributed by atoms with van der Waals surface area (Å²) in [6, 6.07) is 13.7. The smallest absolute Gasteiger partial charge is 0.221 e. The molecule has 2 heterocycles. The minimum Gasteiger partial charge on any atom is -0.493 e. The number of aromatic nitrogens is 1. The van der Waals surface area contributed by atoms with Gasteiger partial charge in [0.25, 0.3) is 0 Å². The number of benzene rings is 1. The van der Waals surface area contributed by atoms with E-state index in [1.807, 2.05) is 50.2 Å². The third-order valence-corrected chi connectivity index (χ3v) is 4.27. The molecule has 1 aromatic heterocycles. The Morgan fingerprint density at radius 2 is 2.04 bits per heavy atom. The normalized spacial score (nSPS) is 17.0. The maximum absolute atomic E-state index is 12.5. The number of hydrogen-bond donors (Lipinski definition) is 1. The van der Waals surface area contributed by atoms with Crippen molar-refractivity contribution in [1.82, 2.24) is 10.3 Å². The number of carbonyl (C=O) groups excluding carboxylic acids is 1. The minimum absolute atomic E-state index is 0.0438. The first-order valence-corrected chi connectivity index (χ1v) is 8.00. The molecule has 0 aliphatic carbocycles. The molecule has 1 aliphatic heterocycles. The lowest BCUT2D eigenvalue weighted by Crippen LogP contribution is -2.42. The van der Waals surface area contributed by atoms with Crippen molar-refractivity contribution in [1.29, 1.82) is 0 Å². The summed E-state index contributed by atoms with van der Waals surface area (Å²) in [6.45, 7) is 4.62. The molecule has 1 aromatic carbocycles. The summed E-state index contributed by atoms with van der Waals surface area (Å²) in [4.78, 5) is 16.9. The van der Waals surface area contributed by atoms with Crippen LogP contribution >= 0.6 is 0 Å². The van der Waals surface area contributed by atoms with Crippen molar-refractivity contribution < 1.29 is 9.53 Å². The SMILES string of the molecule is CC(C)(NC(=O)C[C@@H]1CCOc2ccccc21)c1ccccn1. The molecule has 1 N–H and O–H groups in total. The molecule has 0 bridgehead atoms. The molecule has 23 heavy (non-hydrogen) atoms. The number of ether oxygens (including phenoxy) is 1. The zero-order valence-electron chi connectivity index (χ0n) is 13.6. The number of amides is 1. The van der Waals surface area contributed by atoms with E-state index in [0.29, 0.717) is 13.0 Å². The third-order valence-electron chi connectivity index (χ3n) is 4.27. The van der Waals surface area contributed by atoms with Crippen LogP contribution in [0.5, 0.6) is 5.75 Å². The first kappa shape index (κ1) is 15.5. The van der Waals surface area contributed by atoms with Gasteiger partial charge in [0.2, 0.25) is 5.91 Å². The first-order valence-electron chi connectivity index (χ1n) is 8.00. The van der Waals surface area contributed by atoms with Crippen LogP contribution < -0.4 is 10.1 Å². The molecule has 0 saturated carbocycles. The Morgan fingerprint density at radius 3 is 2.83 bits per heavy atom. The highest BCUT2D eigenvalue weighted by molar-refractivity contribution is 5.78. The number of nitrogens with zero attached hydrogens (tertiary/aromatic N) is 1. The average molecular weight is 310 g/mol. The van der Waals surface area contributed by atoms with E-state index >= 15 is 0 Å². The van der Waals surface area contributed by atoms with Gasteiger partial charge in [0.1, 0.15) is 5.75 Å². The van der Waals surface area contributed by atoms with Crippen molar-refractivity contribution in [2.75, 3.05) is 6.61 Å². The standard InChI is InChI=1S/C19H22N2O2/c1-19(2,17-9-5-6-11-20-17)21-18(22)13-14-10-12-23-16-8-4-3-7-15(14)16/h3-9,11,14H,10,12-13H2,1-2H3,(H,21,22)/t14-/m0/s1. The number of hydrogen-bond acceptors (Lipinski definition) is 3. The molecule has 3 rings (SSSR count). The third kappa shape index (κ3) is 3.52. The van der Waals surface area contributed by atoms with Crippen LogP contribution in [0.15, 0.2) is 48.7 Å². The van der Waals surface area contributed by atoms with Crippen LogP contribution in [0.25, 0.3) is 0 Å². The summed E-state index contributed by atoms with van der Waals surface area (Å²) >= 11 is 0. The summed E-state index contributed by atoms with van der Waals surface area (Å²) in [5, 5.41) is 3.11. The highest BCUT2D eigenvalue weighted by Gasteiger charge is 2.28. The van der Waals surface area contributed by atoms with Crippen molar-refractivity contribution in [3.8, 4) is 5.75 Å². The average Bonchev–Trinajstić information content (AvgIpc) is 2.55. The summed E-state index contributed by atoms with van der Waals surface area (Å²) in [6.07, 6.45) is 3.09.